The predicted molar refractivity (Wildman–Crippen MR) is 75.1 cm³/mol. The Morgan fingerprint density at radius 1 is 0.952 bits per heavy atom. The molecule has 0 aliphatic carbocycles. The van der Waals surface area contributed by atoms with Gasteiger partial charge in [0.2, 0.25) is 0 Å². The van der Waals surface area contributed by atoms with Crippen LogP contribution in [0.15, 0.2) is 54.9 Å². The molecule has 0 bridgehead atoms. The van der Waals surface area contributed by atoms with E-state index in [1.165, 1.54) is 0 Å². The normalized spacial score (nSPS) is 9.67. The van der Waals surface area contributed by atoms with Crippen LogP contribution in [0.4, 0.5) is 0 Å². The minimum Gasteiger partial charge on any atom is -1.00 e. The van der Waals surface area contributed by atoms with Crippen LogP contribution in [0.2, 0.25) is 0 Å². The second-order valence-electron chi connectivity index (χ2n) is 4.82. The molecule has 0 fully saturated rings. The zero-order valence-corrected chi connectivity index (χ0v) is 13.7. The lowest BCUT2D eigenvalue weighted by molar-refractivity contribution is -0.696. The first kappa shape index (κ1) is 19.6. The van der Waals surface area contributed by atoms with Crippen molar-refractivity contribution in [2.75, 3.05) is 20.6 Å². The lowest BCUT2D eigenvalue weighted by atomic mass is 10.0. The number of nitrogens with zero attached hydrogens (tertiary/aromatic N) is 2. The molecule has 0 spiro atoms. The van der Waals surface area contributed by atoms with Gasteiger partial charge in [0, 0.05) is 23.3 Å². The van der Waals surface area contributed by atoms with E-state index in [0.29, 0.717) is 0 Å². The Labute approximate surface area is 138 Å². The molecule has 2 aromatic rings. The number of carbonyl (C=O) groups is 1. The van der Waals surface area contributed by atoms with Crippen LogP contribution in [0.1, 0.15) is 15.9 Å². The van der Waals surface area contributed by atoms with Crippen LogP contribution in [0.25, 0.3) is 0 Å². The number of carbonyl (C=O) groups excluding carboxylic acids is 1. The molecule has 0 aliphatic heterocycles. The van der Waals surface area contributed by atoms with Crippen LogP contribution in [-0.2, 0) is 6.54 Å². The highest BCUT2D eigenvalue weighted by Gasteiger charge is 2.10. The smallest absolute Gasteiger partial charge is 0.193 e. The van der Waals surface area contributed by atoms with Gasteiger partial charge < -0.3 is 29.7 Å². The molecule has 0 aliphatic rings. The summed E-state index contributed by atoms with van der Waals surface area (Å²) in [7, 11) is 4.10. The summed E-state index contributed by atoms with van der Waals surface area (Å²) in [4.78, 5) is 14.3. The molecule has 114 valence electrons. The van der Waals surface area contributed by atoms with Gasteiger partial charge in [-0.05, 0) is 14.1 Å². The Bertz CT molecular complexity index is 542. The van der Waals surface area contributed by atoms with E-state index in [2.05, 4.69) is 9.47 Å². The third-order valence-electron chi connectivity index (χ3n) is 2.99. The zero-order valence-electron chi connectivity index (χ0n) is 12.2. The summed E-state index contributed by atoms with van der Waals surface area (Å²) in [5, 5.41) is 0. The molecule has 21 heavy (non-hydrogen) atoms. The number of hydrogen-bond acceptors (Lipinski definition) is 2. The third-order valence-corrected chi connectivity index (χ3v) is 2.99. The Morgan fingerprint density at radius 3 is 2.00 bits per heavy atom. The van der Waals surface area contributed by atoms with Gasteiger partial charge in [0.1, 0.15) is 0 Å². The molecule has 1 heterocycles. The van der Waals surface area contributed by atoms with Gasteiger partial charge in [-0.2, -0.15) is 0 Å². The lowest BCUT2D eigenvalue weighted by Crippen LogP contribution is -3.00. The molecular weight excluding hydrogens is 307 g/mol. The minimum atomic E-state index is 0. The summed E-state index contributed by atoms with van der Waals surface area (Å²) in [6.45, 7) is 1.91. The quantitative estimate of drug-likeness (QED) is 0.411. The highest BCUT2D eigenvalue weighted by atomic mass is 35.5. The number of halogens is 2. The number of rotatable bonds is 5. The fraction of sp³-hybridized carbons (Fsp3) is 0.250. The standard InChI is InChI=1S/C16H19N2O.2ClH/c1-17(2)12-13-18-10-8-15(9-11-18)16(19)14-6-4-3-5-7-14;;/h3-11H,12-13H2,1-2H3;2*1H/q+1;;/p-2. The van der Waals surface area contributed by atoms with Crippen LogP contribution < -0.4 is 29.4 Å². The average molecular weight is 326 g/mol. The van der Waals surface area contributed by atoms with Crippen molar-refractivity contribution < 1.29 is 34.2 Å². The van der Waals surface area contributed by atoms with E-state index in [0.717, 1.165) is 24.2 Å². The summed E-state index contributed by atoms with van der Waals surface area (Å²) < 4.78 is 2.09. The molecule has 2 rings (SSSR count). The molecule has 1 aromatic heterocycles. The van der Waals surface area contributed by atoms with Gasteiger partial charge in [-0.25, -0.2) is 4.57 Å². The second kappa shape index (κ2) is 9.50. The summed E-state index contributed by atoms with van der Waals surface area (Å²) in [6, 6.07) is 13.1. The summed E-state index contributed by atoms with van der Waals surface area (Å²) >= 11 is 0. The van der Waals surface area contributed by atoms with E-state index >= 15 is 0 Å². The number of likely N-dealkylation sites (N-methyl/N-ethyl adjacent to an activating group) is 1. The molecule has 0 saturated heterocycles. The van der Waals surface area contributed by atoms with E-state index < -0.39 is 0 Å². The van der Waals surface area contributed by atoms with Crippen LogP contribution in [0.3, 0.4) is 0 Å². The molecule has 0 unspecified atom stereocenters. The van der Waals surface area contributed by atoms with Crippen LogP contribution in [-0.4, -0.2) is 31.3 Å². The zero-order chi connectivity index (χ0) is 13.7. The van der Waals surface area contributed by atoms with E-state index in [1.807, 2.05) is 69.0 Å². The molecule has 3 nitrogen and oxygen atoms in total. The van der Waals surface area contributed by atoms with E-state index in [9.17, 15) is 4.79 Å². The minimum absolute atomic E-state index is 0. The van der Waals surface area contributed by atoms with Crippen LogP contribution in [0.5, 0.6) is 0 Å². The predicted octanol–water partition coefficient (Wildman–Crippen LogP) is -4.23. The molecule has 0 N–H and O–H groups in total. The SMILES string of the molecule is CN(C)CC[n+]1ccc(C(=O)c2ccccc2)cc1.[Cl-].[Cl-]. The summed E-state index contributed by atoms with van der Waals surface area (Å²) in [5.41, 5.74) is 1.46. The van der Waals surface area contributed by atoms with Crippen molar-refractivity contribution in [1.29, 1.82) is 0 Å². The van der Waals surface area contributed by atoms with Crippen molar-refractivity contribution in [3.63, 3.8) is 0 Å². The number of ketones is 1. The molecule has 5 heteroatoms. The van der Waals surface area contributed by atoms with E-state index in [1.54, 1.807) is 0 Å². The maximum atomic E-state index is 12.2. The Morgan fingerprint density at radius 2 is 1.48 bits per heavy atom. The molecule has 0 radical (unpaired) electrons. The topological polar surface area (TPSA) is 24.2 Å². The highest BCUT2D eigenvalue weighted by Crippen LogP contribution is 2.07. The Balaban J connectivity index is 0.00000200. The molecular formula is C16H19Cl2N2O-. The van der Waals surface area contributed by atoms with Crippen molar-refractivity contribution >= 4 is 5.78 Å². The highest BCUT2D eigenvalue weighted by molar-refractivity contribution is 6.08. The Kier molecular flexibility index (Phi) is 8.86. The number of aromatic nitrogens is 1. The monoisotopic (exact) mass is 325 g/mol. The van der Waals surface area contributed by atoms with Gasteiger partial charge in [-0.15, -0.1) is 0 Å². The van der Waals surface area contributed by atoms with Crippen molar-refractivity contribution in [2.45, 2.75) is 6.54 Å². The second-order valence-corrected chi connectivity index (χ2v) is 4.82. The van der Waals surface area contributed by atoms with Crippen LogP contribution in [0, 0.1) is 0 Å². The van der Waals surface area contributed by atoms with E-state index in [-0.39, 0.29) is 30.6 Å². The lowest BCUT2D eigenvalue weighted by Gasteiger charge is -2.06. The van der Waals surface area contributed by atoms with Crippen molar-refractivity contribution in [3.05, 3.63) is 66.0 Å². The average Bonchev–Trinajstić information content (AvgIpc) is 2.46. The number of hydrogen-bond donors (Lipinski definition) is 0. The van der Waals surface area contributed by atoms with Crippen LogP contribution >= 0.6 is 0 Å². The molecule has 0 amide bonds. The van der Waals surface area contributed by atoms with Gasteiger partial charge in [-0.3, -0.25) is 4.79 Å². The summed E-state index contributed by atoms with van der Waals surface area (Å²) in [6.07, 6.45) is 3.92. The molecule has 1 aromatic carbocycles. The first-order chi connectivity index (χ1) is 9.16. The van der Waals surface area contributed by atoms with Crippen molar-refractivity contribution in [2.24, 2.45) is 0 Å². The van der Waals surface area contributed by atoms with Gasteiger partial charge >= 0.3 is 0 Å². The number of benzene rings is 1. The molecule has 0 saturated carbocycles. The first-order valence-electron chi connectivity index (χ1n) is 6.40. The molecule has 0 atom stereocenters. The largest absolute Gasteiger partial charge is 1.00 e. The van der Waals surface area contributed by atoms with Gasteiger partial charge in [0.15, 0.2) is 24.7 Å². The van der Waals surface area contributed by atoms with Gasteiger partial charge in [0.05, 0.1) is 6.54 Å². The van der Waals surface area contributed by atoms with Crippen molar-refractivity contribution in [3.8, 4) is 0 Å². The number of pyridine rings is 1. The summed E-state index contributed by atoms with van der Waals surface area (Å²) in [5.74, 6) is 0.0698. The van der Waals surface area contributed by atoms with Gasteiger partial charge in [0.25, 0.3) is 0 Å². The van der Waals surface area contributed by atoms with E-state index in [4.69, 9.17) is 0 Å². The van der Waals surface area contributed by atoms with Crippen molar-refractivity contribution in [1.82, 2.24) is 4.90 Å². The fourth-order valence-corrected chi connectivity index (χ4v) is 1.83. The maximum Gasteiger partial charge on any atom is 0.193 e. The first-order valence-corrected chi connectivity index (χ1v) is 6.40. The fourth-order valence-electron chi connectivity index (χ4n) is 1.83. The maximum absolute atomic E-state index is 12.2. The third kappa shape index (κ3) is 5.84. The van der Waals surface area contributed by atoms with Gasteiger partial charge in [-0.1, -0.05) is 30.3 Å². The Hall–Kier alpha value is -1.42.